The zero-order chi connectivity index (χ0) is 12.3. The van der Waals surface area contributed by atoms with Crippen LogP contribution in [0.25, 0.3) is 0 Å². The maximum absolute atomic E-state index is 5.90. The Labute approximate surface area is 105 Å². The van der Waals surface area contributed by atoms with Crippen LogP contribution in [-0.4, -0.2) is 9.97 Å². The second-order valence-corrected chi connectivity index (χ2v) is 4.17. The van der Waals surface area contributed by atoms with Gasteiger partial charge in [0.15, 0.2) is 0 Å². The largest absolute Gasteiger partial charge is 0.397 e. The van der Waals surface area contributed by atoms with Gasteiger partial charge in [0, 0.05) is 11.2 Å². The number of anilines is 2. The number of nitrogens with two attached hydrogens (primary N) is 1. The monoisotopic (exact) mass is 248 g/mol. The highest BCUT2D eigenvalue weighted by Crippen LogP contribution is 2.23. The van der Waals surface area contributed by atoms with Gasteiger partial charge < -0.3 is 11.1 Å². The molecule has 88 valence electrons. The molecule has 0 saturated carbocycles. The summed E-state index contributed by atoms with van der Waals surface area (Å²) in [6.45, 7) is 2.47. The number of nitrogens with one attached hydrogen (secondary N) is 1. The number of rotatable bonds is 3. The van der Waals surface area contributed by atoms with Gasteiger partial charge in [-0.25, -0.2) is 0 Å². The molecule has 0 bridgehead atoms. The van der Waals surface area contributed by atoms with Crippen molar-refractivity contribution in [2.24, 2.45) is 0 Å². The quantitative estimate of drug-likeness (QED) is 0.820. The van der Waals surface area contributed by atoms with Crippen LogP contribution in [0.15, 0.2) is 30.6 Å². The van der Waals surface area contributed by atoms with E-state index in [2.05, 4.69) is 15.3 Å². The van der Waals surface area contributed by atoms with Crippen molar-refractivity contribution in [2.45, 2.75) is 13.5 Å². The van der Waals surface area contributed by atoms with Gasteiger partial charge in [-0.05, 0) is 25.1 Å². The molecule has 0 fully saturated rings. The lowest BCUT2D eigenvalue weighted by atomic mass is 10.2. The van der Waals surface area contributed by atoms with Crippen LogP contribution < -0.4 is 11.1 Å². The van der Waals surface area contributed by atoms with Gasteiger partial charge in [0.2, 0.25) is 0 Å². The Hall–Kier alpha value is -1.81. The van der Waals surface area contributed by atoms with Crippen LogP contribution in [0.5, 0.6) is 0 Å². The molecule has 2 rings (SSSR count). The van der Waals surface area contributed by atoms with Crippen molar-refractivity contribution in [2.75, 3.05) is 11.1 Å². The Bertz CT molecular complexity index is 510. The molecule has 0 spiro atoms. The van der Waals surface area contributed by atoms with Crippen molar-refractivity contribution in [3.05, 3.63) is 47.0 Å². The van der Waals surface area contributed by atoms with Gasteiger partial charge in [0.1, 0.15) is 0 Å². The van der Waals surface area contributed by atoms with Crippen LogP contribution in [0.3, 0.4) is 0 Å². The predicted octanol–water partition coefficient (Wildman–Crippen LogP) is 2.63. The lowest BCUT2D eigenvalue weighted by Crippen LogP contribution is -2.04. The summed E-state index contributed by atoms with van der Waals surface area (Å²) < 4.78 is 0. The summed E-state index contributed by atoms with van der Waals surface area (Å²) in [4.78, 5) is 8.42. The number of aromatic nitrogens is 2. The summed E-state index contributed by atoms with van der Waals surface area (Å²) in [6.07, 6.45) is 3.47. The topological polar surface area (TPSA) is 63.8 Å². The first-order valence-corrected chi connectivity index (χ1v) is 5.59. The second-order valence-electron chi connectivity index (χ2n) is 3.73. The lowest BCUT2D eigenvalue weighted by molar-refractivity contribution is 0.985. The van der Waals surface area contributed by atoms with Gasteiger partial charge in [-0.2, -0.15) is 0 Å². The highest BCUT2D eigenvalue weighted by atomic mass is 35.5. The van der Waals surface area contributed by atoms with Gasteiger partial charge in [0.25, 0.3) is 0 Å². The van der Waals surface area contributed by atoms with Gasteiger partial charge in [0.05, 0.1) is 35.5 Å². The first-order valence-electron chi connectivity index (χ1n) is 5.21. The number of aryl methyl sites for hydroxylation is 1. The molecule has 1 aromatic heterocycles. The Kier molecular flexibility index (Phi) is 3.44. The fourth-order valence-electron chi connectivity index (χ4n) is 1.38. The molecule has 0 amide bonds. The number of hydrogen-bond donors (Lipinski definition) is 2. The van der Waals surface area contributed by atoms with Crippen molar-refractivity contribution in [1.82, 2.24) is 9.97 Å². The molecule has 0 unspecified atom stereocenters. The average Bonchev–Trinajstić information content (AvgIpc) is 2.32. The SMILES string of the molecule is Cc1cnc(CNc2cc(Cl)ccc2N)cn1. The summed E-state index contributed by atoms with van der Waals surface area (Å²) in [5.41, 5.74) is 9.04. The van der Waals surface area contributed by atoms with Gasteiger partial charge >= 0.3 is 0 Å². The third-order valence-corrected chi connectivity index (χ3v) is 2.54. The molecule has 0 aliphatic carbocycles. The smallest absolute Gasteiger partial charge is 0.0777 e. The van der Waals surface area contributed by atoms with Crippen molar-refractivity contribution < 1.29 is 0 Å². The summed E-state index contributed by atoms with van der Waals surface area (Å²) in [5, 5.41) is 3.83. The van der Waals surface area contributed by atoms with Crippen LogP contribution >= 0.6 is 11.6 Å². The van der Waals surface area contributed by atoms with Gasteiger partial charge in [-0.3, -0.25) is 9.97 Å². The average molecular weight is 249 g/mol. The van der Waals surface area contributed by atoms with Crippen molar-refractivity contribution >= 4 is 23.0 Å². The minimum absolute atomic E-state index is 0.567. The van der Waals surface area contributed by atoms with E-state index in [0.717, 1.165) is 17.1 Å². The van der Waals surface area contributed by atoms with Crippen LogP contribution in [0, 0.1) is 6.92 Å². The molecule has 0 aliphatic heterocycles. The summed E-state index contributed by atoms with van der Waals surface area (Å²) in [6, 6.07) is 5.32. The minimum atomic E-state index is 0.567. The first-order chi connectivity index (χ1) is 8.15. The molecule has 0 atom stereocenters. The number of nitrogen functional groups attached to an aromatic ring is 1. The molecule has 2 aromatic rings. The van der Waals surface area contributed by atoms with E-state index in [9.17, 15) is 0 Å². The molecule has 0 saturated heterocycles. The molecule has 4 nitrogen and oxygen atoms in total. The molecule has 0 radical (unpaired) electrons. The van der Waals surface area contributed by atoms with E-state index in [-0.39, 0.29) is 0 Å². The Morgan fingerprint density at radius 2 is 2.12 bits per heavy atom. The number of benzene rings is 1. The van der Waals surface area contributed by atoms with Crippen LogP contribution in [-0.2, 0) is 6.54 Å². The van der Waals surface area contributed by atoms with Crippen LogP contribution in [0.4, 0.5) is 11.4 Å². The van der Waals surface area contributed by atoms with Gasteiger partial charge in [-0.1, -0.05) is 11.6 Å². The molecule has 3 N–H and O–H groups in total. The number of nitrogens with zero attached hydrogens (tertiary/aromatic N) is 2. The third-order valence-electron chi connectivity index (χ3n) is 2.31. The highest BCUT2D eigenvalue weighted by Gasteiger charge is 2.01. The van der Waals surface area contributed by atoms with E-state index in [1.165, 1.54) is 0 Å². The maximum atomic E-state index is 5.90. The van der Waals surface area contributed by atoms with E-state index in [4.69, 9.17) is 17.3 Å². The van der Waals surface area contributed by atoms with E-state index in [0.29, 0.717) is 17.3 Å². The summed E-state index contributed by atoms with van der Waals surface area (Å²) >= 11 is 5.90. The Morgan fingerprint density at radius 3 is 2.82 bits per heavy atom. The zero-order valence-corrected chi connectivity index (χ0v) is 10.2. The summed E-state index contributed by atoms with van der Waals surface area (Å²) in [5.74, 6) is 0. The van der Waals surface area contributed by atoms with E-state index >= 15 is 0 Å². The van der Waals surface area contributed by atoms with Crippen molar-refractivity contribution in [1.29, 1.82) is 0 Å². The standard InChI is InChI=1S/C12H13ClN4/c1-8-5-16-10(6-15-8)7-17-12-4-9(13)2-3-11(12)14/h2-6,17H,7,14H2,1H3. The second kappa shape index (κ2) is 5.01. The molecule has 17 heavy (non-hydrogen) atoms. The molecule has 1 heterocycles. The molecular formula is C12H13ClN4. The Balaban J connectivity index is 2.07. The zero-order valence-electron chi connectivity index (χ0n) is 9.44. The van der Waals surface area contributed by atoms with Crippen LogP contribution in [0.2, 0.25) is 5.02 Å². The van der Waals surface area contributed by atoms with Crippen molar-refractivity contribution in [3.63, 3.8) is 0 Å². The van der Waals surface area contributed by atoms with Crippen LogP contribution in [0.1, 0.15) is 11.4 Å². The molecule has 5 heteroatoms. The number of hydrogen-bond acceptors (Lipinski definition) is 4. The van der Waals surface area contributed by atoms with E-state index < -0.39 is 0 Å². The fourth-order valence-corrected chi connectivity index (χ4v) is 1.55. The van der Waals surface area contributed by atoms with Gasteiger partial charge in [-0.15, -0.1) is 0 Å². The summed E-state index contributed by atoms with van der Waals surface area (Å²) in [7, 11) is 0. The molecule has 1 aromatic carbocycles. The fraction of sp³-hybridized carbons (Fsp3) is 0.167. The Morgan fingerprint density at radius 1 is 1.29 bits per heavy atom. The molecule has 0 aliphatic rings. The predicted molar refractivity (Wildman–Crippen MR) is 70.0 cm³/mol. The van der Waals surface area contributed by atoms with E-state index in [1.54, 1.807) is 30.6 Å². The van der Waals surface area contributed by atoms with Crippen molar-refractivity contribution in [3.8, 4) is 0 Å². The highest BCUT2D eigenvalue weighted by molar-refractivity contribution is 6.31. The van der Waals surface area contributed by atoms with E-state index in [1.807, 2.05) is 6.92 Å². The first kappa shape index (κ1) is 11.7. The lowest BCUT2D eigenvalue weighted by Gasteiger charge is -2.09. The minimum Gasteiger partial charge on any atom is -0.397 e. The third kappa shape index (κ3) is 3.07. The normalized spacial score (nSPS) is 10.2. The maximum Gasteiger partial charge on any atom is 0.0777 e. The number of halogens is 1. The molecular weight excluding hydrogens is 236 g/mol.